The zero-order valence-electron chi connectivity index (χ0n) is 11.6. The molecular weight excluding hydrogens is 307 g/mol. The smallest absolute Gasteiger partial charge is 0.128 e. The number of hydrazine groups is 1. The third kappa shape index (κ3) is 6.02. The van der Waals surface area contributed by atoms with Crippen LogP contribution in [-0.4, -0.2) is 0 Å². The molecule has 0 radical (unpaired) electrons. The molecule has 3 N–H and O–H groups in total. The Hall–Kier alpha value is -0.450. The molecule has 0 spiro atoms. The van der Waals surface area contributed by atoms with Crippen molar-refractivity contribution < 1.29 is 4.39 Å². The molecule has 0 saturated heterocycles. The standard InChI is InChI=1S/C15H24BrFN2/c1-2-3-4-5-6-7-8-15(19-18)13-11-12(16)9-10-14(13)17/h9-11,15,19H,2-8,18H2,1H3. The first kappa shape index (κ1) is 16.6. The summed E-state index contributed by atoms with van der Waals surface area (Å²) in [6.07, 6.45) is 8.25. The Morgan fingerprint density at radius 1 is 1.21 bits per heavy atom. The molecule has 0 aliphatic carbocycles. The Bertz CT molecular complexity index is 371. The van der Waals surface area contributed by atoms with E-state index < -0.39 is 0 Å². The molecule has 0 bridgehead atoms. The summed E-state index contributed by atoms with van der Waals surface area (Å²) in [4.78, 5) is 0. The molecule has 0 amide bonds. The fourth-order valence-corrected chi connectivity index (χ4v) is 2.62. The molecule has 0 aromatic heterocycles. The van der Waals surface area contributed by atoms with Gasteiger partial charge in [0, 0.05) is 16.1 Å². The molecule has 0 fully saturated rings. The van der Waals surface area contributed by atoms with Crippen molar-refractivity contribution in [1.29, 1.82) is 0 Å². The molecule has 108 valence electrons. The molecule has 1 rings (SSSR count). The third-order valence-electron chi connectivity index (χ3n) is 3.38. The fraction of sp³-hybridized carbons (Fsp3) is 0.600. The van der Waals surface area contributed by atoms with Gasteiger partial charge in [-0.05, 0) is 24.6 Å². The Morgan fingerprint density at radius 2 is 1.89 bits per heavy atom. The van der Waals surface area contributed by atoms with Crippen LogP contribution in [0, 0.1) is 5.82 Å². The Kier molecular flexibility index (Phi) is 8.26. The van der Waals surface area contributed by atoms with E-state index in [-0.39, 0.29) is 11.9 Å². The minimum Gasteiger partial charge on any atom is -0.271 e. The van der Waals surface area contributed by atoms with Crippen molar-refractivity contribution in [2.75, 3.05) is 0 Å². The van der Waals surface area contributed by atoms with Crippen molar-refractivity contribution >= 4 is 15.9 Å². The maximum atomic E-state index is 13.8. The summed E-state index contributed by atoms with van der Waals surface area (Å²) < 4.78 is 14.6. The van der Waals surface area contributed by atoms with Gasteiger partial charge in [-0.1, -0.05) is 61.4 Å². The van der Waals surface area contributed by atoms with Crippen LogP contribution >= 0.6 is 15.9 Å². The number of benzene rings is 1. The molecule has 1 aromatic rings. The van der Waals surface area contributed by atoms with E-state index in [0.717, 1.165) is 17.3 Å². The predicted molar refractivity (Wildman–Crippen MR) is 82.2 cm³/mol. The van der Waals surface area contributed by atoms with Gasteiger partial charge in [-0.2, -0.15) is 0 Å². The molecule has 1 unspecified atom stereocenters. The number of hydrogen-bond acceptors (Lipinski definition) is 2. The van der Waals surface area contributed by atoms with Crippen LogP contribution in [0.2, 0.25) is 0 Å². The van der Waals surface area contributed by atoms with Crippen LogP contribution in [0.15, 0.2) is 22.7 Å². The highest BCUT2D eigenvalue weighted by Gasteiger charge is 2.14. The van der Waals surface area contributed by atoms with Crippen molar-refractivity contribution in [2.24, 2.45) is 5.84 Å². The van der Waals surface area contributed by atoms with E-state index in [1.54, 1.807) is 12.1 Å². The number of nitrogens with one attached hydrogen (secondary N) is 1. The van der Waals surface area contributed by atoms with E-state index in [1.165, 1.54) is 38.2 Å². The first-order valence-electron chi connectivity index (χ1n) is 7.10. The summed E-state index contributed by atoms with van der Waals surface area (Å²) in [6, 6.07) is 4.88. The van der Waals surface area contributed by atoms with Crippen molar-refractivity contribution in [3.05, 3.63) is 34.1 Å². The van der Waals surface area contributed by atoms with E-state index in [9.17, 15) is 4.39 Å². The molecule has 2 nitrogen and oxygen atoms in total. The second-order valence-corrected chi connectivity index (χ2v) is 5.86. The van der Waals surface area contributed by atoms with Gasteiger partial charge in [-0.15, -0.1) is 0 Å². The maximum Gasteiger partial charge on any atom is 0.128 e. The quantitative estimate of drug-likeness (QED) is 0.386. The van der Waals surface area contributed by atoms with Crippen LogP contribution in [0.4, 0.5) is 4.39 Å². The highest BCUT2D eigenvalue weighted by atomic mass is 79.9. The van der Waals surface area contributed by atoms with Crippen molar-refractivity contribution in [1.82, 2.24) is 5.43 Å². The number of rotatable bonds is 9. The second-order valence-electron chi connectivity index (χ2n) is 4.94. The first-order chi connectivity index (χ1) is 9.19. The molecule has 1 aromatic carbocycles. The zero-order valence-corrected chi connectivity index (χ0v) is 13.2. The molecule has 0 aliphatic heterocycles. The highest BCUT2D eigenvalue weighted by molar-refractivity contribution is 9.10. The molecule has 4 heteroatoms. The van der Waals surface area contributed by atoms with E-state index >= 15 is 0 Å². The molecule has 19 heavy (non-hydrogen) atoms. The Morgan fingerprint density at radius 3 is 2.58 bits per heavy atom. The summed E-state index contributed by atoms with van der Waals surface area (Å²) in [6.45, 7) is 2.21. The third-order valence-corrected chi connectivity index (χ3v) is 3.87. The summed E-state index contributed by atoms with van der Waals surface area (Å²) in [5.41, 5.74) is 3.37. The maximum absolute atomic E-state index is 13.8. The molecule has 0 aliphatic rings. The lowest BCUT2D eigenvalue weighted by Crippen LogP contribution is -2.28. The molecule has 0 saturated carbocycles. The van der Waals surface area contributed by atoms with Crippen LogP contribution in [0.1, 0.15) is 63.5 Å². The second kappa shape index (κ2) is 9.45. The van der Waals surface area contributed by atoms with Crippen LogP contribution < -0.4 is 11.3 Å². The molecule has 1 atom stereocenters. The Balaban J connectivity index is 2.42. The van der Waals surface area contributed by atoms with E-state index in [4.69, 9.17) is 5.84 Å². The van der Waals surface area contributed by atoms with E-state index in [2.05, 4.69) is 28.3 Å². The van der Waals surface area contributed by atoms with Gasteiger partial charge in [0.25, 0.3) is 0 Å². The summed E-state index contributed by atoms with van der Waals surface area (Å²) >= 11 is 3.37. The van der Waals surface area contributed by atoms with Crippen molar-refractivity contribution in [2.45, 2.75) is 57.9 Å². The number of unbranched alkanes of at least 4 members (excludes halogenated alkanes) is 5. The van der Waals surface area contributed by atoms with E-state index in [1.807, 2.05) is 0 Å². The summed E-state index contributed by atoms with van der Waals surface area (Å²) in [5, 5.41) is 0. The predicted octanol–water partition coefficient (Wildman–Crippen LogP) is 4.84. The minimum absolute atomic E-state index is 0.108. The van der Waals surface area contributed by atoms with Gasteiger partial charge in [-0.25, -0.2) is 4.39 Å². The summed E-state index contributed by atoms with van der Waals surface area (Å²) in [5.74, 6) is 5.36. The Labute approximate surface area is 124 Å². The average molecular weight is 331 g/mol. The van der Waals surface area contributed by atoms with Gasteiger partial charge in [-0.3, -0.25) is 11.3 Å². The van der Waals surface area contributed by atoms with Crippen LogP contribution in [-0.2, 0) is 0 Å². The lowest BCUT2D eigenvalue weighted by Gasteiger charge is -2.17. The van der Waals surface area contributed by atoms with Gasteiger partial charge < -0.3 is 0 Å². The lowest BCUT2D eigenvalue weighted by atomic mass is 9.99. The lowest BCUT2D eigenvalue weighted by molar-refractivity contribution is 0.457. The normalized spacial score (nSPS) is 12.6. The largest absolute Gasteiger partial charge is 0.271 e. The van der Waals surface area contributed by atoms with Crippen LogP contribution in [0.3, 0.4) is 0 Å². The number of hydrogen-bond donors (Lipinski definition) is 2. The van der Waals surface area contributed by atoms with Crippen molar-refractivity contribution in [3.63, 3.8) is 0 Å². The zero-order chi connectivity index (χ0) is 14.1. The van der Waals surface area contributed by atoms with Gasteiger partial charge in [0.2, 0.25) is 0 Å². The van der Waals surface area contributed by atoms with Crippen LogP contribution in [0.5, 0.6) is 0 Å². The summed E-state index contributed by atoms with van der Waals surface area (Å²) in [7, 11) is 0. The van der Waals surface area contributed by atoms with E-state index in [0.29, 0.717) is 5.56 Å². The number of nitrogens with two attached hydrogens (primary N) is 1. The number of halogens is 2. The molecular formula is C15H24BrFN2. The van der Waals surface area contributed by atoms with Gasteiger partial charge in [0.05, 0.1) is 0 Å². The monoisotopic (exact) mass is 330 g/mol. The minimum atomic E-state index is -0.197. The molecule has 0 heterocycles. The van der Waals surface area contributed by atoms with Gasteiger partial charge in [0.1, 0.15) is 5.82 Å². The SMILES string of the molecule is CCCCCCCCC(NN)c1cc(Br)ccc1F. The van der Waals surface area contributed by atoms with Gasteiger partial charge >= 0.3 is 0 Å². The van der Waals surface area contributed by atoms with Gasteiger partial charge in [0.15, 0.2) is 0 Å². The topological polar surface area (TPSA) is 38.0 Å². The fourth-order valence-electron chi connectivity index (χ4n) is 2.24. The first-order valence-corrected chi connectivity index (χ1v) is 7.89. The average Bonchev–Trinajstić information content (AvgIpc) is 2.41. The highest BCUT2D eigenvalue weighted by Crippen LogP contribution is 2.25. The van der Waals surface area contributed by atoms with Crippen molar-refractivity contribution in [3.8, 4) is 0 Å². The van der Waals surface area contributed by atoms with Crippen LogP contribution in [0.25, 0.3) is 0 Å².